The van der Waals surface area contributed by atoms with Crippen molar-refractivity contribution < 1.29 is 13.5 Å². The van der Waals surface area contributed by atoms with Gasteiger partial charge in [-0.2, -0.15) is 4.31 Å². The fraction of sp³-hybridized carbons (Fsp3) is 0.538. The minimum absolute atomic E-state index is 0.166. The summed E-state index contributed by atoms with van der Waals surface area (Å²) in [5, 5.41) is 10.5. The lowest BCUT2D eigenvalue weighted by Crippen LogP contribution is -2.29. The highest BCUT2D eigenvalue weighted by molar-refractivity contribution is 7.89. The topological polar surface area (TPSA) is 57.6 Å². The van der Waals surface area contributed by atoms with E-state index in [4.69, 9.17) is 5.11 Å². The van der Waals surface area contributed by atoms with Crippen molar-refractivity contribution in [2.75, 3.05) is 19.4 Å². The molecular formula is C13H17NO3S2. The zero-order valence-corrected chi connectivity index (χ0v) is 12.4. The number of sulfonamides is 1. The van der Waals surface area contributed by atoms with Crippen molar-refractivity contribution in [3.63, 3.8) is 0 Å². The molecule has 0 aromatic carbocycles. The van der Waals surface area contributed by atoms with E-state index in [1.807, 2.05) is 11.4 Å². The van der Waals surface area contributed by atoms with Gasteiger partial charge in [0.15, 0.2) is 0 Å². The van der Waals surface area contributed by atoms with Gasteiger partial charge in [0.2, 0.25) is 10.0 Å². The van der Waals surface area contributed by atoms with E-state index in [-0.39, 0.29) is 12.4 Å². The molecule has 4 nitrogen and oxygen atoms in total. The van der Waals surface area contributed by atoms with Gasteiger partial charge >= 0.3 is 0 Å². The summed E-state index contributed by atoms with van der Waals surface area (Å²) >= 11 is 1.49. The quantitative estimate of drug-likeness (QED) is 0.833. The monoisotopic (exact) mass is 299 g/mol. The van der Waals surface area contributed by atoms with Crippen molar-refractivity contribution in [3.8, 4) is 11.8 Å². The van der Waals surface area contributed by atoms with Crippen LogP contribution >= 0.6 is 11.3 Å². The van der Waals surface area contributed by atoms with Crippen molar-refractivity contribution in [1.29, 1.82) is 0 Å². The summed E-state index contributed by atoms with van der Waals surface area (Å²) in [7, 11) is -1.52. The Bertz CT molecular complexity index is 591. The number of aliphatic hydroxyl groups is 1. The average Bonchev–Trinajstić information content (AvgIpc) is 3.04. The summed E-state index contributed by atoms with van der Waals surface area (Å²) in [5.41, 5.74) is 0.821. The SMILES string of the molecule is CN(Cc1cc(C#CCO)cs1)S(=O)(=O)CC1CC1. The fourth-order valence-corrected chi connectivity index (χ4v) is 4.17. The van der Waals surface area contributed by atoms with Crippen molar-refractivity contribution in [2.24, 2.45) is 5.92 Å². The zero-order valence-electron chi connectivity index (χ0n) is 10.8. The molecule has 1 aliphatic rings. The maximum atomic E-state index is 12.0. The first-order valence-electron chi connectivity index (χ1n) is 6.12. The van der Waals surface area contributed by atoms with Crippen LogP contribution in [0, 0.1) is 17.8 Å². The smallest absolute Gasteiger partial charge is 0.214 e. The molecule has 0 bridgehead atoms. The van der Waals surface area contributed by atoms with Gasteiger partial charge in [-0.3, -0.25) is 0 Å². The molecule has 0 radical (unpaired) electrons. The van der Waals surface area contributed by atoms with Gasteiger partial charge in [0.25, 0.3) is 0 Å². The Balaban J connectivity index is 1.97. The van der Waals surface area contributed by atoms with Crippen LogP contribution in [0.15, 0.2) is 11.4 Å². The second-order valence-corrected chi connectivity index (χ2v) is 7.86. The summed E-state index contributed by atoms with van der Waals surface area (Å²) in [6.45, 7) is 0.224. The van der Waals surface area contributed by atoms with Crippen LogP contribution in [0.25, 0.3) is 0 Å². The highest BCUT2D eigenvalue weighted by Gasteiger charge is 2.30. The molecule has 0 spiro atoms. The minimum atomic E-state index is -3.14. The molecule has 0 saturated heterocycles. The van der Waals surface area contributed by atoms with Gasteiger partial charge in [-0.15, -0.1) is 11.3 Å². The normalized spacial score (nSPS) is 15.3. The lowest BCUT2D eigenvalue weighted by molar-refractivity contribution is 0.350. The molecule has 19 heavy (non-hydrogen) atoms. The van der Waals surface area contributed by atoms with Gasteiger partial charge < -0.3 is 5.11 Å². The van der Waals surface area contributed by atoms with E-state index in [0.29, 0.717) is 12.5 Å². The maximum Gasteiger partial charge on any atom is 0.214 e. The third-order valence-electron chi connectivity index (χ3n) is 2.96. The van der Waals surface area contributed by atoms with Crippen LogP contribution in [0.3, 0.4) is 0 Å². The first kappa shape index (κ1) is 14.5. The maximum absolute atomic E-state index is 12.0. The van der Waals surface area contributed by atoms with Crippen molar-refractivity contribution in [3.05, 3.63) is 21.9 Å². The Morgan fingerprint density at radius 3 is 2.89 bits per heavy atom. The van der Waals surface area contributed by atoms with Gasteiger partial charge in [0.05, 0.1) is 5.75 Å². The molecule has 1 fully saturated rings. The van der Waals surface area contributed by atoms with Crippen LogP contribution in [-0.2, 0) is 16.6 Å². The summed E-state index contributed by atoms with van der Waals surface area (Å²) in [5.74, 6) is 6.02. The van der Waals surface area contributed by atoms with E-state index in [9.17, 15) is 8.42 Å². The van der Waals surface area contributed by atoms with Gasteiger partial charge in [0.1, 0.15) is 6.61 Å². The molecule has 6 heteroatoms. The van der Waals surface area contributed by atoms with Crippen LogP contribution in [0.4, 0.5) is 0 Å². The predicted octanol–water partition coefficient (Wildman–Crippen LogP) is 1.26. The number of nitrogens with zero attached hydrogens (tertiary/aromatic N) is 1. The van der Waals surface area contributed by atoms with Crippen LogP contribution in [0.1, 0.15) is 23.3 Å². The Hall–Kier alpha value is -0.870. The molecule has 1 saturated carbocycles. The lowest BCUT2D eigenvalue weighted by atomic mass is 10.3. The summed E-state index contributed by atoms with van der Waals surface area (Å²) < 4.78 is 25.5. The number of hydrogen-bond donors (Lipinski definition) is 1. The molecule has 1 aromatic rings. The summed E-state index contributed by atoms with van der Waals surface area (Å²) in [4.78, 5) is 0.962. The van der Waals surface area contributed by atoms with E-state index < -0.39 is 10.0 Å². The number of hydrogen-bond acceptors (Lipinski definition) is 4. The second kappa shape index (κ2) is 6.06. The van der Waals surface area contributed by atoms with Crippen LogP contribution in [0.2, 0.25) is 0 Å². The predicted molar refractivity (Wildman–Crippen MR) is 76.3 cm³/mol. The standard InChI is InChI=1S/C13H17NO3S2/c1-14(19(16,17)10-11-4-5-11)8-13-7-12(9-18-13)3-2-6-15/h7,9,11,15H,4-6,8,10H2,1H3. The van der Waals surface area contributed by atoms with Crippen LogP contribution < -0.4 is 0 Å². The molecule has 0 atom stereocenters. The molecule has 1 aliphatic carbocycles. The largest absolute Gasteiger partial charge is 0.384 e. The zero-order chi connectivity index (χ0) is 13.9. The summed E-state index contributed by atoms with van der Waals surface area (Å²) in [6.07, 6.45) is 2.07. The highest BCUT2D eigenvalue weighted by Crippen LogP contribution is 2.31. The number of rotatable bonds is 5. The van der Waals surface area contributed by atoms with E-state index in [2.05, 4.69) is 11.8 Å². The van der Waals surface area contributed by atoms with Gasteiger partial charge in [0, 0.05) is 29.4 Å². The minimum Gasteiger partial charge on any atom is -0.384 e. The van der Waals surface area contributed by atoms with Crippen LogP contribution in [-0.4, -0.2) is 37.2 Å². The Labute approximate surface area is 118 Å². The highest BCUT2D eigenvalue weighted by atomic mass is 32.2. The Morgan fingerprint density at radius 1 is 1.53 bits per heavy atom. The van der Waals surface area contributed by atoms with E-state index in [0.717, 1.165) is 23.3 Å². The van der Waals surface area contributed by atoms with E-state index in [1.54, 1.807) is 7.05 Å². The Morgan fingerprint density at radius 2 is 2.26 bits per heavy atom. The number of thiophene rings is 1. The molecule has 1 N–H and O–H groups in total. The van der Waals surface area contributed by atoms with E-state index >= 15 is 0 Å². The average molecular weight is 299 g/mol. The molecule has 1 heterocycles. The fourth-order valence-electron chi connectivity index (χ4n) is 1.70. The first-order chi connectivity index (χ1) is 9.01. The van der Waals surface area contributed by atoms with Gasteiger partial charge in [-0.1, -0.05) is 11.8 Å². The third kappa shape index (κ3) is 4.32. The molecule has 0 unspecified atom stereocenters. The molecule has 0 amide bonds. The van der Waals surface area contributed by atoms with E-state index in [1.165, 1.54) is 15.6 Å². The van der Waals surface area contributed by atoms with Crippen molar-refractivity contribution in [2.45, 2.75) is 19.4 Å². The van der Waals surface area contributed by atoms with Gasteiger partial charge in [-0.25, -0.2) is 8.42 Å². The molecular weight excluding hydrogens is 282 g/mol. The number of aliphatic hydroxyl groups excluding tert-OH is 1. The molecule has 0 aliphatic heterocycles. The second-order valence-electron chi connectivity index (χ2n) is 4.74. The van der Waals surface area contributed by atoms with Crippen molar-refractivity contribution >= 4 is 21.4 Å². The Kier molecular flexibility index (Phi) is 4.63. The summed E-state index contributed by atoms with van der Waals surface area (Å²) in [6, 6.07) is 1.87. The first-order valence-corrected chi connectivity index (χ1v) is 8.61. The van der Waals surface area contributed by atoms with Crippen molar-refractivity contribution in [1.82, 2.24) is 4.31 Å². The lowest BCUT2D eigenvalue weighted by Gasteiger charge is -2.15. The molecule has 1 aromatic heterocycles. The van der Waals surface area contributed by atoms with Crippen LogP contribution in [0.5, 0.6) is 0 Å². The third-order valence-corrected chi connectivity index (χ3v) is 5.86. The van der Waals surface area contributed by atoms with Gasteiger partial charge in [-0.05, 0) is 24.8 Å². The molecule has 2 rings (SSSR count). The molecule has 104 valence electrons.